The Morgan fingerprint density at radius 3 is 1.54 bits per heavy atom. The lowest BCUT2D eigenvalue weighted by atomic mass is 10.0. The van der Waals surface area contributed by atoms with E-state index >= 15 is 0 Å². The first-order valence-corrected chi connectivity index (χ1v) is 11.5. The quantitative estimate of drug-likeness (QED) is 0.196. The number of hydrogen-bond acceptors (Lipinski definition) is 1. The molecule has 0 radical (unpaired) electrons. The van der Waals surface area contributed by atoms with Crippen LogP contribution in [0.15, 0.2) is 12.3 Å². The van der Waals surface area contributed by atoms with Crippen LogP contribution in [0.5, 0.6) is 0 Å². The molecule has 0 bridgehead atoms. The number of carbonyl (C=O) groups is 1. The first-order valence-electron chi connectivity index (χ1n) is 11.5. The minimum absolute atomic E-state index is 0.765. The fourth-order valence-corrected chi connectivity index (χ4v) is 3.78. The van der Waals surface area contributed by atoms with E-state index in [0.717, 1.165) is 18.4 Å². The van der Waals surface area contributed by atoms with Crippen LogP contribution in [0.2, 0.25) is 0 Å². The molecule has 0 spiro atoms. The fraction of sp³-hybridized carbons (Fsp3) is 0.792. The molecule has 1 aromatic heterocycles. The van der Waals surface area contributed by atoms with Crippen molar-refractivity contribution in [3.8, 4) is 0 Å². The Morgan fingerprint density at radius 2 is 1.12 bits per heavy atom. The third kappa shape index (κ3) is 12.3. The van der Waals surface area contributed by atoms with E-state index in [1.807, 2.05) is 12.3 Å². The van der Waals surface area contributed by atoms with Gasteiger partial charge in [0.15, 0.2) is 6.29 Å². The second kappa shape index (κ2) is 17.4. The van der Waals surface area contributed by atoms with Crippen molar-refractivity contribution in [2.75, 3.05) is 0 Å². The minimum atomic E-state index is 0.765. The third-order valence-corrected chi connectivity index (χ3v) is 5.54. The number of hydrogen-bond donors (Lipinski definition) is 1. The van der Waals surface area contributed by atoms with Crippen LogP contribution in [0.1, 0.15) is 132 Å². The maximum absolute atomic E-state index is 10.8. The van der Waals surface area contributed by atoms with Crippen molar-refractivity contribution in [2.24, 2.45) is 0 Å². The third-order valence-electron chi connectivity index (χ3n) is 5.54. The number of H-pyrrole nitrogens is 1. The van der Waals surface area contributed by atoms with E-state index in [1.165, 1.54) is 115 Å². The van der Waals surface area contributed by atoms with Crippen molar-refractivity contribution in [3.05, 3.63) is 23.5 Å². The molecule has 150 valence electrons. The Balaban J connectivity index is 1.74. The normalized spacial score (nSPS) is 11.1. The summed E-state index contributed by atoms with van der Waals surface area (Å²) >= 11 is 0. The number of aromatic nitrogens is 1. The van der Waals surface area contributed by atoms with Gasteiger partial charge in [-0.1, -0.05) is 110 Å². The fourth-order valence-electron chi connectivity index (χ4n) is 3.78. The molecule has 0 aliphatic rings. The van der Waals surface area contributed by atoms with Crippen molar-refractivity contribution in [1.29, 1.82) is 0 Å². The first-order chi connectivity index (χ1) is 12.9. The molecule has 0 saturated heterocycles. The minimum Gasteiger partial charge on any atom is -0.359 e. The predicted molar refractivity (Wildman–Crippen MR) is 114 cm³/mol. The van der Waals surface area contributed by atoms with Crippen molar-refractivity contribution < 1.29 is 4.79 Å². The summed E-state index contributed by atoms with van der Waals surface area (Å²) in [6, 6.07) is 2.04. The molecule has 2 nitrogen and oxygen atoms in total. The highest BCUT2D eigenvalue weighted by atomic mass is 16.1. The molecular weight excluding hydrogens is 318 g/mol. The second-order valence-electron chi connectivity index (χ2n) is 7.94. The van der Waals surface area contributed by atoms with E-state index in [-0.39, 0.29) is 0 Å². The summed E-state index contributed by atoms with van der Waals surface area (Å²) in [6.45, 7) is 2.29. The van der Waals surface area contributed by atoms with Crippen molar-refractivity contribution in [3.63, 3.8) is 0 Å². The number of nitrogens with one attached hydrogen (secondary N) is 1. The van der Waals surface area contributed by atoms with Crippen molar-refractivity contribution >= 4 is 6.29 Å². The molecule has 0 fully saturated rings. The van der Waals surface area contributed by atoms with Gasteiger partial charge in [-0.05, 0) is 24.5 Å². The molecule has 0 aliphatic carbocycles. The average Bonchev–Trinajstić information content (AvgIpc) is 3.11. The second-order valence-corrected chi connectivity index (χ2v) is 7.94. The lowest BCUT2D eigenvalue weighted by molar-refractivity contribution is 0.111. The molecular formula is C24H43NO. The summed E-state index contributed by atoms with van der Waals surface area (Å²) in [7, 11) is 0. The van der Waals surface area contributed by atoms with Crippen LogP contribution in [-0.4, -0.2) is 11.3 Å². The van der Waals surface area contributed by atoms with Gasteiger partial charge in [0, 0.05) is 6.20 Å². The van der Waals surface area contributed by atoms with Crippen LogP contribution in [-0.2, 0) is 6.42 Å². The van der Waals surface area contributed by atoms with Crippen LogP contribution in [0, 0.1) is 0 Å². The summed E-state index contributed by atoms with van der Waals surface area (Å²) in [6.07, 6.45) is 27.7. The molecule has 1 N–H and O–H groups in total. The van der Waals surface area contributed by atoms with Gasteiger partial charge in [0.05, 0.1) is 5.69 Å². The Bertz CT molecular complexity index is 424. The number of unbranched alkanes of at least 4 members (excludes halogenated alkanes) is 16. The van der Waals surface area contributed by atoms with Gasteiger partial charge < -0.3 is 4.98 Å². The molecule has 0 aliphatic heterocycles. The van der Waals surface area contributed by atoms with Gasteiger partial charge in [-0.15, -0.1) is 0 Å². The monoisotopic (exact) mass is 361 g/mol. The van der Waals surface area contributed by atoms with Crippen LogP contribution >= 0.6 is 0 Å². The average molecular weight is 362 g/mol. The van der Waals surface area contributed by atoms with E-state index in [9.17, 15) is 4.79 Å². The number of aryl methyl sites for hydroxylation is 1. The molecule has 0 aromatic carbocycles. The molecule has 1 aromatic rings. The summed E-state index contributed by atoms with van der Waals surface area (Å²) in [4.78, 5) is 13.8. The smallest absolute Gasteiger partial charge is 0.166 e. The number of rotatable bonds is 19. The highest BCUT2D eigenvalue weighted by Crippen LogP contribution is 2.15. The van der Waals surface area contributed by atoms with Gasteiger partial charge in [0.25, 0.3) is 0 Å². The Kier molecular flexibility index (Phi) is 15.4. The number of carbonyl (C=O) groups excluding carboxylic acids is 1. The molecule has 1 rings (SSSR count). The Morgan fingerprint density at radius 1 is 0.692 bits per heavy atom. The van der Waals surface area contributed by atoms with Crippen molar-refractivity contribution in [2.45, 2.75) is 122 Å². The lowest BCUT2D eigenvalue weighted by Crippen LogP contribution is -1.90. The lowest BCUT2D eigenvalue weighted by Gasteiger charge is -2.04. The zero-order chi connectivity index (χ0) is 18.7. The van der Waals surface area contributed by atoms with Gasteiger partial charge in [-0.3, -0.25) is 4.79 Å². The number of aromatic amines is 1. The van der Waals surface area contributed by atoms with E-state index in [4.69, 9.17) is 0 Å². The predicted octanol–water partition coefficient (Wildman–Crippen LogP) is 8.02. The van der Waals surface area contributed by atoms with E-state index in [0.29, 0.717) is 0 Å². The molecule has 0 atom stereocenters. The Labute approximate surface area is 162 Å². The molecule has 0 unspecified atom stereocenters. The highest BCUT2D eigenvalue weighted by Gasteiger charge is 2.01. The molecule has 26 heavy (non-hydrogen) atoms. The molecule has 1 heterocycles. The molecule has 0 amide bonds. The summed E-state index contributed by atoms with van der Waals surface area (Å²) in [5, 5.41) is 0. The SMILES string of the molecule is CCCCCCCCCCCCCCCCCCCc1cc[nH]c1C=O. The van der Waals surface area contributed by atoms with E-state index < -0.39 is 0 Å². The van der Waals surface area contributed by atoms with Gasteiger partial charge in [-0.25, -0.2) is 0 Å². The largest absolute Gasteiger partial charge is 0.359 e. The maximum atomic E-state index is 10.8. The highest BCUT2D eigenvalue weighted by molar-refractivity contribution is 5.74. The van der Waals surface area contributed by atoms with Gasteiger partial charge in [-0.2, -0.15) is 0 Å². The van der Waals surface area contributed by atoms with Gasteiger partial charge in [0.2, 0.25) is 0 Å². The zero-order valence-corrected chi connectivity index (χ0v) is 17.4. The van der Waals surface area contributed by atoms with Crippen molar-refractivity contribution in [1.82, 2.24) is 4.98 Å². The molecule has 0 saturated carbocycles. The standard InChI is InChI=1S/C24H43NO/c1-2-3-4-5-6-7-8-9-10-11-12-13-14-15-16-17-18-19-23-20-21-25-24(23)22-26/h20-22,25H,2-19H2,1H3. The summed E-state index contributed by atoms with van der Waals surface area (Å²) in [5.41, 5.74) is 1.95. The van der Waals surface area contributed by atoms with Gasteiger partial charge >= 0.3 is 0 Å². The maximum Gasteiger partial charge on any atom is 0.166 e. The van der Waals surface area contributed by atoms with Crippen LogP contribution in [0.4, 0.5) is 0 Å². The van der Waals surface area contributed by atoms with Crippen LogP contribution < -0.4 is 0 Å². The summed E-state index contributed by atoms with van der Waals surface area (Å²) < 4.78 is 0. The number of aldehydes is 1. The van der Waals surface area contributed by atoms with Crippen LogP contribution in [0.25, 0.3) is 0 Å². The van der Waals surface area contributed by atoms with Gasteiger partial charge in [0.1, 0.15) is 0 Å². The van der Waals surface area contributed by atoms with E-state index in [1.54, 1.807) is 0 Å². The Hall–Kier alpha value is -1.05. The zero-order valence-electron chi connectivity index (χ0n) is 17.4. The molecule has 2 heteroatoms. The topological polar surface area (TPSA) is 32.9 Å². The van der Waals surface area contributed by atoms with E-state index in [2.05, 4.69) is 11.9 Å². The van der Waals surface area contributed by atoms with Crippen LogP contribution in [0.3, 0.4) is 0 Å². The summed E-state index contributed by atoms with van der Waals surface area (Å²) in [5.74, 6) is 0. The first kappa shape index (κ1) is 23.0.